The zero-order valence-electron chi connectivity index (χ0n) is 18.2. The second-order valence-corrected chi connectivity index (χ2v) is 9.81. The summed E-state index contributed by atoms with van der Waals surface area (Å²) in [7, 11) is 0. The average molecular weight is 517 g/mol. The maximum Gasteiger partial charge on any atom is 0.263 e. The van der Waals surface area contributed by atoms with Crippen molar-refractivity contribution < 1.29 is 9.59 Å². The van der Waals surface area contributed by atoms with Gasteiger partial charge in [-0.05, 0) is 59.3 Å². The van der Waals surface area contributed by atoms with Gasteiger partial charge < -0.3 is 5.32 Å². The number of carbonyl (C=O) groups is 2. The number of thioether (sulfide) groups is 1. The zero-order chi connectivity index (χ0) is 22.6. The van der Waals surface area contributed by atoms with E-state index < -0.39 is 6.04 Å². The molecule has 2 N–H and O–H groups in total. The van der Waals surface area contributed by atoms with Crippen molar-refractivity contribution in [3.63, 3.8) is 0 Å². The summed E-state index contributed by atoms with van der Waals surface area (Å²) >= 11 is 5.03. The van der Waals surface area contributed by atoms with Crippen molar-refractivity contribution in [2.24, 2.45) is 5.10 Å². The van der Waals surface area contributed by atoms with Crippen LogP contribution in [-0.4, -0.2) is 29.3 Å². The van der Waals surface area contributed by atoms with Crippen LogP contribution in [-0.2, 0) is 10.5 Å². The Morgan fingerprint density at radius 3 is 2.31 bits per heavy atom. The highest BCUT2D eigenvalue weighted by atomic mass is 79.9. The first kappa shape index (κ1) is 24.5. The Morgan fingerprint density at radius 2 is 1.59 bits per heavy atom. The van der Waals surface area contributed by atoms with E-state index in [1.807, 2.05) is 30.3 Å². The second-order valence-electron chi connectivity index (χ2n) is 7.93. The van der Waals surface area contributed by atoms with Gasteiger partial charge >= 0.3 is 0 Å². The van der Waals surface area contributed by atoms with E-state index in [9.17, 15) is 9.59 Å². The number of benzene rings is 2. The standard InChI is InChI=1S/C25H30BrN3O2S/c26-22-16-10-9-15-21(22)24(30)27-23(18-32-17-19-11-5-4-6-12-19)25(31)29-28-20-13-7-2-1-3-8-14-20/h4-6,9-12,15-16,23H,1-3,7-8,13-14,17-18H2,(H,27,30)(H,29,31). The van der Waals surface area contributed by atoms with Crippen LogP contribution in [0.25, 0.3) is 0 Å². The lowest BCUT2D eigenvalue weighted by atomic mass is 9.99. The van der Waals surface area contributed by atoms with Crippen molar-refractivity contribution >= 4 is 45.2 Å². The molecule has 1 atom stereocenters. The van der Waals surface area contributed by atoms with Crippen LogP contribution in [0.2, 0.25) is 0 Å². The minimum Gasteiger partial charge on any atom is -0.339 e. The zero-order valence-corrected chi connectivity index (χ0v) is 20.6. The first-order valence-corrected chi connectivity index (χ1v) is 13.1. The van der Waals surface area contributed by atoms with Crippen molar-refractivity contribution in [3.8, 4) is 0 Å². The van der Waals surface area contributed by atoms with E-state index in [1.54, 1.807) is 23.9 Å². The Bertz CT molecular complexity index is 910. The SMILES string of the molecule is O=C(NC(CSCc1ccccc1)C(=O)NN=C1CCCCCCC1)c1ccccc1Br. The van der Waals surface area contributed by atoms with E-state index >= 15 is 0 Å². The molecule has 2 aromatic carbocycles. The van der Waals surface area contributed by atoms with Crippen LogP contribution < -0.4 is 10.7 Å². The van der Waals surface area contributed by atoms with Crippen LogP contribution in [0, 0.1) is 0 Å². The number of nitrogens with one attached hydrogen (secondary N) is 2. The molecule has 0 radical (unpaired) electrons. The van der Waals surface area contributed by atoms with E-state index in [4.69, 9.17) is 0 Å². The summed E-state index contributed by atoms with van der Waals surface area (Å²) in [5.74, 6) is 0.670. The number of hydrazone groups is 1. The molecule has 0 bridgehead atoms. The summed E-state index contributed by atoms with van der Waals surface area (Å²) in [6, 6.07) is 16.6. The van der Waals surface area contributed by atoms with Crippen LogP contribution in [0.1, 0.15) is 60.9 Å². The minimum absolute atomic E-state index is 0.277. The van der Waals surface area contributed by atoms with Crippen molar-refractivity contribution in [1.82, 2.24) is 10.7 Å². The van der Waals surface area contributed by atoms with Crippen LogP contribution in [0.15, 0.2) is 64.2 Å². The Labute approximate surface area is 203 Å². The van der Waals surface area contributed by atoms with Gasteiger partial charge in [0.15, 0.2) is 0 Å². The molecule has 0 aliphatic heterocycles. The molecule has 170 valence electrons. The third-order valence-corrected chi connectivity index (χ3v) is 7.19. The number of hydrogen-bond acceptors (Lipinski definition) is 4. The summed E-state index contributed by atoms with van der Waals surface area (Å²) in [5, 5.41) is 7.32. The van der Waals surface area contributed by atoms with Gasteiger partial charge in [0.25, 0.3) is 11.8 Å². The normalized spacial score (nSPS) is 15.2. The quantitative estimate of drug-likeness (QED) is 0.443. The molecular weight excluding hydrogens is 486 g/mol. The summed E-state index contributed by atoms with van der Waals surface area (Å²) in [4.78, 5) is 25.8. The number of amides is 2. The van der Waals surface area contributed by atoms with Gasteiger partial charge in [0.05, 0.1) is 5.56 Å². The molecule has 1 fully saturated rings. The highest BCUT2D eigenvalue weighted by molar-refractivity contribution is 9.10. The molecule has 0 spiro atoms. The summed E-state index contributed by atoms with van der Waals surface area (Å²) in [6.07, 6.45) is 7.80. The second kappa shape index (κ2) is 13.4. The van der Waals surface area contributed by atoms with Gasteiger partial charge in [-0.3, -0.25) is 9.59 Å². The molecule has 1 aliphatic carbocycles. The molecule has 0 heterocycles. The Kier molecular flexibility index (Phi) is 10.3. The molecule has 2 amide bonds. The van der Waals surface area contributed by atoms with Crippen LogP contribution in [0.5, 0.6) is 0 Å². The minimum atomic E-state index is -0.679. The van der Waals surface area contributed by atoms with E-state index in [-0.39, 0.29) is 11.8 Å². The lowest BCUT2D eigenvalue weighted by molar-refractivity contribution is -0.122. The average Bonchev–Trinajstić information content (AvgIpc) is 2.78. The molecule has 0 aromatic heterocycles. The molecule has 32 heavy (non-hydrogen) atoms. The Hall–Kier alpha value is -2.12. The molecule has 0 saturated heterocycles. The lowest BCUT2D eigenvalue weighted by Crippen LogP contribution is -2.47. The van der Waals surface area contributed by atoms with Gasteiger partial charge in [-0.1, -0.05) is 61.7 Å². The first-order valence-electron chi connectivity index (χ1n) is 11.2. The highest BCUT2D eigenvalue weighted by Crippen LogP contribution is 2.18. The molecular formula is C25H30BrN3O2S. The van der Waals surface area contributed by atoms with Crippen molar-refractivity contribution in [2.75, 3.05) is 5.75 Å². The van der Waals surface area contributed by atoms with Gasteiger partial charge in [0.2, 0.25) is 0 Å². The van der Waals surface area contributed by atoms with E-state index in [2.05, 4.69) is 43.9 Å². The van der Waals surface area contributed by atoms with Gasteiger partial charge in [0, 0.05) is 21.7 Å². The van der Waals surface area contributed by atoms with E-state index in [1.165, 1.54) is 24.8 Å². The third kappa shape index (κ3) is 8.10. The predicted molar refractivity (Wildman–Crippen MR) is 136 cm³/mol. The summed E-state index contributed by atoms with van der Waals surface area (Å²) in [6.45, 7) is 0. The Balaban J connectivity index is 1.64. The molecule has 2 aromatic rings. The fourth-order valence-electron chi connectivity index (χ4n) is 3.57. The van der Waals surface area contributed by atoms with Gasteiger partial charge in [-0.15, -0.1) is 0 Å². The number of nitrogens with zero attached hydrogens (tertiary/aromatic N) is 1. The van der Waals surface area contributed by atoms with Gasteiger partial charge in [0.1, 0.15) is 6.04 Å². The largest absolute Gasteiger partial charge is 0.339 e. The maximum absolute atomic E-state index is 13.0. The summed E-state index contributed by atoms with van der Waals surface area (Å²) < 4.78 is 0.698. The smallest absolute Gasteiger partial charge is 0.263 e. The van der Waals surface area contributed by atoms with Crippen LogP contribution in [0.3, 0.4) is 0 Å². The molecule has 1 aliphatic rings. The summed E-state index contributed by atoms with van der Waals surface area (Å²) in [5.41, 5.74) is 5.47. The lowest BCUT2D eigenvalue weighted by Gasteiger charge is -2.18. The molecule has 5 nitrogen and oxygen atoms in total. The molecule has 3 rings (SSSR count). The van der Waals surface area contributed by atoms with Crippen LogP contribution in [0.4, 0.5) is 0 Å². The van der Waals surface area contributed by atoms with Gasteiger partial charge in [-0.2, -0.15) is 16.9 Å². The predicted octanol–water partition coefficient (Wildman–Crippen LogP) is 5.70. The van der Waals surface area contributed by atoms with Crippen LogP contribution >= 0.6 is 27.7 Å². The third-order valence-electron chi connectivity index (χ3n) is 5.39. The van der Waals surface area contributed by atoms with Crippen molar-refractivity contribution in [1.29, 1.82) is 0 Å². The van der Waals surface area contributed by atoms with Crippen molar-refractivity contribution in [3.05, 3.63) is 70.2 Å². The maximum atomic E-state index is 13.0. The molecule has 1 saturated carbocycles. The van der Waals surface area contributed by atoms with Gasteiger partial charge in [-0.25, -0.2) is 5.43 Å². The monoisotopic (exact) mass is 515 g/mol. The fourth-order valence-corrected chi connectivity index (χ4v) is 5.05. The fraction of sp³-hybridized carbons (Fsp3) is 0.400. The molecule has 1 unspecified atom stereocenters. The van der Waals surface area contributed by atoms with E-state index in [0.29, 0.717) is 15.8 Å². The highest BCUT2D eigenvalue weighted by Gasteiger charge is 2.22. The number of rotatable bonds is 8. The number of halogens is 1. The van der Waals surface area contributed by atoms with E-state index in [0.717, 1.165) is 37.1 Å². The molecule has 7 heteroatoms. The first-order chi connectivity index (χ1) is 15.6. The number of carbonyl (C=O) groups excluding carboxylic acids is 2. The van der Waals surface area contributed by atoms with Crippen molar-refractivity contribution in [2.45, 2.75) is 56.7 Å². The number of hydrogen-bond donors (Lipinski definition) is 2. The Morgan fingerprint density at radius 1 is 0.938 bits per heavy atom. The topological polar surface area (TPSA) is 70.6 Å².